The van der Waals surface area contributed by atoms with E-state index in [1.54, 1.807) is 12.3 Å². The van der Waals surface area contributed by atoms with Crippen molar-refractivity contribution in [2.24, 2.45) is 0 Å². The number of aromatic nitrogens is 1. The molecule has 1 aromatic rings. The van der Waals surface area contributed by atoms with Crippen molar-refractivity contribution in [1.29, 1.82) is 0 Å². The zero-order chi connectivity index (χ0) is 14.4. The third-order valence-corrected chi connectivity index (χ3v) is 3.53. The van der Waals surface area contributed by atoms with Crippen molar-refractivity contribution in [3.05, 3.63) is 24.0 Å². The topological polar surface area (TPSA) is 57.3 Å². The van der Waals surface area contributed by atoms with Gasteiger partial charge in [0.25, 0.3) is 5.91 Å². The molecule has 0 radical (unpaired) electrons. The standard InChI is InChI=1S/C15H24N4O/c1-3-16-12-5-8-14(18-11-12)15(20)17-9-10-19(4-2)13-6-7-13/h5,8,11,13,16H,3-4,6-7,9-10H2,1-2H3,(H,17,20). The second-order valence-corrected chi connectivity index (χ2v) is 5.08. The van der Waals surface area contributed by atoms with Gasteiger partial charge in [-0.25, -0.2) is 4.98 Å². The molecular weight excluding hydrogens is 252 g/mol. The molecule has 1 saturated carbocycles. The second kappa shape index (κ2) is 7.24. The van der Waals surface area contributed by atoms with Gasteiger partial charge in [-0.15, -0.1) is 0 Å². The third kappa shape index (κ3) is 4.20. The van der Waals surface area contributed by atoms with Gasteiger partial charge in [0.1, 0.15) is 5.69 Å². The molecule has 0 spiro atoms. The summed E-state index contributed by atoms with van der Waals surface area (Å²) in [4.78, 5) is 18.5. The summed E-state index contributed by atoms with van der Waals surface area (Å²) in [6, 6.07) is 4.38. The molecule has 1 aliphatic carbocycles. The first-order valence-electron chi connectivity index (χ1n) is 7.46. The molecule has 5 nitrogen and oxygen atoms in total. The largest absolute Gasteiger partial charge is 0.384 e. The Bertz CT molecular complexity index is 428. The molecule has 0 unspecified atom stereocenters. The van der Waals surface area contributed by atoms with Crippen molar-refractivity contribution in [3.8, 4) is 0 Å². The maximum absolute atomic E-state index is 12.0. The van der Waals surface area contributed by atoms with E-state index in [1.165, 1.54) is 12.8 Å². The first kappa shape index (κ1) is 14.8. The van der Waals surface area contributed by atoms with E-state index in [4.69, 9.17) is 0 Å². The zero-order valence-corrected chi connectivity index (χ0v) is 12.4. The van der Waals surface area contributed by atoms with Crippen LogP contribution < -0.4 is 10.6 Å². The van der Waals surface area contributed by atoms with Gasteiger partial charge in [-0.1, -0.05) is 6.92 Å². The molecule has 0 atom stereocenters. The van der Waals surface area contributed by atoms with Gasteiger partial charge in [0.15, 0.2) is 0 Å². The van der Waals surface area contributed by atoms with Crippen LogP contribution >= 0.6 is 0 Å². The van der Waals surface area contributed by atoms with Gasteiger partial charge >= 0.3 is 0 Å². The Kier molecular flexibility index (Phi) is 5.35. The number of rotatable bonds is 8. The lowest BCUT2D eigenvalue weighted by Gasteiger charge is -2.19. The fourth-order valence-electron chi connectivity index (χ4n) is 2.28. The maximum atomic E-state index is 12.0. The van der Waals surface area contributed by atoms with Crippen molar-refractivity contribution in [3.63, 3.8) is 0 Å². The Balaban J connectivity index is 1.76. The molecule has 1 amide bonds. The number of pyridine rings is 1. The minimum atomic E-state index is -0.0973. The quantitative estimate of drug-likeness (QED) is 0.759. The van der Waals surface area contributed by atoms with Gasteiger partial charge < -0.3 is 10.6 Å². The summed E-state index contributed by atoms with van der Waals surface area (Å²) in [5, 5.41) is 6.09. The number of nitrogens with zero attached hydrogens (tertiary/aromatic N) is 2. The fraction of sp³-hybridized carbons (Fsp3) is 0.600. The van der Waals surface area contributed by atoms with Gasteiger partial charge in [0.2, 0.25) is 0 Å². The summed E-state index contributed by atoms with van der Waals surface area (Å²) in [7, 11) is 0. The summed E-state index contributed by atoms with van der Waals surface area (Å²) >= 11 is 0. The van der Waals surface area contributed by atoms with Crippen LogP contribution in [0, 0.1) is 0 Å². The van der Waals surface area contributed by atoms with E-state index >= 15 is 0 Å². The van der Waals surface area contributed by atoms with Gasteiger partial charge in [0, 0.05) is 25.7 Å². The van der Waals surface area contributed by atoms with E-state index in [0.29, 0.717) is 12.2 Å². The molecular formula is C15H24N4O. The maximum Gasteiger partial charge on any atom is 0.269 e. The highest BCUT2D eigenvalue weighted by atomic mass is 16.1. The molecule has 0 bridgehead atoms. The van der Waals surface area contributed by atoms with Crippen molar-refractivity contribution in [2.45, 2.75) is 32.7 Å². The summed E-state index contributed by atoms with van der Waals surface area (Å²) in [6.07, 6.45) is 4.30. The molecule has 0 aromatic carbocycles. The number of nitrogens with one attached hydrogen (secondary N) is 2. The van der Waals surface area contributed by atoms with E-state index in [1.807, 2.05) is 13.0 Å². The smallest absolute Gasteiger partial charge is 0.269 e. The van der Waals surface area contributed by atoms with Crippen LogP contribution in [0.3, 0.4) is 0 Å². The van der Waals surface area contributed by atoms with Crippen molar-refractivity contribution in [1.82, 2.24) is 15.2 Å². The van der Waals surface area contributed by atoms with Crippen LogP contribution in [0.2, 0.25) is 0 Å². The highest BCUT2D eigenvalue weighted by molar-refractivity contribution is 5.92. The number of anilines is 1. The number of hydrogen-bond acceptors (Lipinski definition) is 4. The summed E-state index contributed by atoms with van der Waals surface area (Å²) in [5.74, 6) is -0.0973. The molecule has 20 heavy (non-hydrogen) atoms. The average Bonchev–Trinajstić information content (AvgIpc) is 3.29. The minimum absolute atomic E-state index is 0.0973. The molecule has 2 N–H and O–H groups in total. The first-order chi connectivity index (χ1) is 9.74. The molecule has 0 saturated heterocycles. The predicted octanol–water partition coefficient (Wildman–Crippen LogP) is 1.73. The number of carbonyl (C=O) groups excluding carboxylic acids is 1. The van der Waals surface area contributed by atoms with Crippen LogP contribution in [-0.2, 0) is 0 Å². The van der Waals surface area contributed by atoms with Crippen LogP contribution in [0.15, 0.2) is 18.3 Å². The van der Waals surface area contributed by atoms with Crippen LogP contribution in [0.25, 0.3) is 0 Å². The normalized spacial score (nSPS) is 14.3. The lowest BCUT2D eigenvalue weighted by Crippen LogP contribution is -2.36. The molecule has 1 aliphatic rings. The van der Waals surface area contributed by atoms with E-state index in [0.717, 1.165) is 31.4 Å². The minimum Gasteiger partial charge on any atom is -0.384 e. The second-order valence-electron chi connectivity index (χ2n) is 5.08. The van der Waals surface area contributed by atoms with Gasteiger partial charge in [-0.2, -0.15) is 0 Å². The summed E-state index contributed by atoms with van der Waals surface area (Å²) < 4.78 is 0. The van der Waals surface area contributed by atoms with E-state index in [9.17, 15) is 4.79 Å². The van der Waals surface area contributed by atoms with Crippen LogP contribution in [-0.4, -0.2) is 48.0 Å². The lowest BCUT2D eigenvalue weighted by molar-refractivity contribution is 0.0943. The Morgan fingerprint density at radius 2 is 2.20 bits per heavy atom. The van der Waals surface area contributed by atoms with E-state index in [-0.39, 0.29) is 5.91 Å². The number of likely N-dealkylation sites (N-methyl/N-ethyl adjacent to an activating group) is 1. The summed E-state index contributed by atoms with van der Waals surface area (Å²) in [5.41, 5.74) is 1.41. The van der Waals surface area contributed by atoms with Gasteiger partial charge in [0.05, 0.1) is 11.9 Å². The average molecular weight is 276 g/mol. The molecule has 5 heteroatoms. The molecule has 2 rings (SSSR count). The first-order valence-corrected chi connectivity index (χ1v) is 7.46. The van der Waals surface area contributed by atoms with Crippen molar-refractivity contribution in [2.75, 3.05) is 31.5 Å². The number of hydrogen-bond donors (Lipinski definition) is 2. The fourth-order valence-corrected chi connectivity index (χ4v) is 2.28. The zero-order valence-electron chi connectivity index (χ0n) is 12.4. The highest BCUT2D eigenvalue weighted by Gasteiger charge is 2.27. The molecule has 1 heterocycles. The van der Waals surface area contributed by atoms with Gasteiger partial charge in [-0.3, -0.25) is 9.69 Å². The lowest BCUT2D eigenvalue weighted by atomic mass is 10.3. The number of amides is 1. The van der Waals surface area contributed by atoms with Crippen molar-refractivity contribution >= 4 is 11.6 Å². The highest BCUT2D eigenvalue weighted by Crippen LogP contribution is 2.25. The van der Waals surface area contributed by atoms with E-state index in [2.05, 4.69) is 27.4 Å². The van der Waals surface area contributed by atoms with Crippen LogP contribution in [0.1, 0.15) is 37.2 Å². The molecule has 110 valence electrons. The molecule has 1 fully saturated rings. The summed E-state index contributed by atoms with van der Waals surface area (Å²) in [6.45, 7) is 7.70. The third-order valence-electron chi connectivity index (χ3n) is 3.53. The SMILES string of the molecule is CCNc1ccc(C(=O)NCCN(CC)C2CC2)nc1. The van der Waals surface area contributed by atoms with Crippen LogP contribution in [0.5, 0.6) is 0 Å². The van der Waals surface area contributed by atoms with E-state index < -0.39 is 0 Å². The molecule has 1 aromatic heterocycles. The Labute approximate surface area is 120 Å². The van der Waals surface area contributed by atoms with Gasteiger partial charge in [-0.05, 0) is 38.4 Å². The Morgan fingerprint density at radius 1 is 1.40 bits per heavy atom. The monoisotopic (exact) mass is 276 g/mol. The molecule has 0 aliphatic heterocycles. The predicted molar refractivity (Wildman–Crippen MR) is 81.0 cm³/mol. The van der Waals surface area contributed by atoms with Crippen LogP contribution in [0.4, 0.5) is 5.69 Å². The number of carbonyl (C=O) groups is 1. The Morgan fingerprint density at radius 3 is 2.75 bits per heavy atom. The van der Waals surface area contributed by atoms with Crippen molar-refractivity contribution < 1.29 is 4.79 Å². The Hall–Kier alpha value is -1.62.